The maximum atomic E-state index is 13.9. The van der Waals surface area contributed by atoms with Crippen molar-refractivity contribution in [3.05, 3.63) is 22.8 Å². The molecule has 4 N–H and O–H groups in total. The molecule has 4 rings (SSSR count). The van der Waals surface area contributed by atoms with Gasteiger partial charge in [-0.15, -0.1) is 0 Å². The number of aliphatic hydroxyl groups is 1. The Morgan fingerprint density at radius 2 is 1.72 bits per heavy atom. The molecule has 0 aliphatic heterocycles. The van der Waals surface area contributed by atoms with Gasteiger partial charge in [0, 0.05) is 25.7 Å². The van der Waals surface area contributed by atoms with Crippen LogP contribution >= 0.6 is 0 Å². The van der Waals surface area contributed by atoms with Crippen LogP contribution in [-0.4, -0.2) is 96.1 Å². The Morgan fingerprint density at radius 3 is 2.23 bits per heavy atom. The molecule has 6 atom stereocenters. The second kappa shape index (κ2) is 9.53. The predicted molar refractivity (Wildman–Crippen MR) is 136 cm³/mol. The van der Waals surface area contributed by atoms with E-state index in [4.69, 9.17) is 10.5 Å². The van der Waals surface area contributed by atoms with Gasteiger partial charge in [-0.1, -0.05) is 0 Å². The van der Waals surface area contributed by atoms with E-state index in [1.807, 2.05) is 0 Å². The number of fused-ring (bicyclic) bond motifs is 3. The Labute approximate surface area is 225 Å². The molecule has 3 aliphatic carbocycles. The summed E-state index contributed by atoms with van der Waals surface area (Å²) in [6, 6.07) is 0.239. The van der Waals surface area contributed by atoms with Crippen LogP contribution in [0, 0.1) is 23.7 Å². The zero-order valence-corrected chi connectivity index (χ0v) is 22.7. The number of carbonyl (C=O) groups is 6. The van der Waals surface area contributed by atoms with E-state index in [0.717, 1.165) is 0 Å². The number of nitrogens with two attached hydrogens (primary N) is 1. The number of carbonyl (C=O) groups excluding carboxylic acids is 6. The summed E-state index contributed by atoms with van der Waals surface area (Å²) in [6.07, 6.45) is -0.481. The van der Waals surface area contributed by atoms with Crippen molar-refractivity contribution in [3.8, 4) is 5.75 Å². The second-order valence-electron chi connectivity index (χ2n) is 11.3. The molecule has 1 amide bonds. The average molecular weight is 544 g/mol. The molecule has 0 aromatic heterocycles. The van der Waals surface area contributed by atoms with Crippen molar-refractivity contribution in [2.45, 2.75) is 44.4 Å². The second-order valence-corrected chi connectivity index (χ2v) is 11.3. The number of esters is 1. The van der Waals surface area contributed by atoms with Gasteiger partial charge in [0.25, 0.3) is 0 Å². The molecule has 210 valence electrons. The summed E-state index contributed by atoms with van der Waals surface area (Å²) < 4.78 is 5.22. The molecule has 0 radical (unpaired) electrons. The predicted octanol–water partition coefficient (Wildman–Crippen LogP) is -0.502. The van der Waals surface area contributed by atoms with E-state index in [1.54, 1.807) is 32.8 Å². The largest absolute Gasteiger partial charge is 0.506 e. The molecule has 1 aromatic rings. The summed E-state index contributed by atoms with van der Waals surface area (Å²) in [5, 5.41) is 22.8. The molecule has 0 saturated heterocycles. The van der Waals surface area contributed by atoms with E-state index in [2.05, 4.69) is 0 Å². The minimum Gasteiger partial charge on any atom is -0.506 e. The van der Waals surface area contributed by atoms with Crippen molar-refractivity contribution in [3.63, 3.8) is 0 Å². The Balaban J connectivity index is 1.90. The van der Waals surface area contributed by atoms with Crippen LogP contribution in [0.1, 0.15) is 46.5 Å². The molecule has 1 aromatic carbocycles. The number of hydrogen-bond acceptors (Lipinski definition) is 11. The van der Waals surface area contributed by atoms with E-state index < -0.39 is 82.2 Å². The number of hydrogen-bond donors (Lipinski definition) is 3. The topological polar surface area (TPSA) is 185 Å². The highest BCUT2D eigenvalue weighted by Gasteiger charge is 2.69. The fourth-order valence-electron chi connectivity index (χ4n) is 6.48. The molecule has 0 bridgehead atoms. The van der Waals surface area contributed by atoms with Gasteiger partial charge in [-0.2, -0.15) is 0 Å². The summed E-state index contributed by atoms with van der Waals surface area (Å²) in [5.41, 5.74) is 2.84. The molecule has 3 aliphatic rings. The number of Topliss-reactive ketones (excluding diaryl/α,β-unsaturated/α-hetero) is 4. The number of amides is 1. The van der Waals surface area contributed by atoms with E-state index in [0.29, 0.717) is 11.3 Å². The molecule has 0 heterocycles. The van der Waals surface area contributed by atoms with Gasteiger partial charge < -0.3 is 25.6 Å². The van der Waals surface area contributed by atoms with Gasteiger partial charge in [0.2, 0.25) is 5.91 Å². The monoisotopic (exact) mass is 543 g/mol. The summed E-state index contributed by atoms with van der Waals surface area (Å²) >= 11 is 0. The Kier molecular flexibility index (Phi) is 6.93. The summed E-state index contributed by atoms with van der Waals surface area (Å²) in [7, 11) is 6.43. The first-order chi connectivity index (χ1) is 18.0. The van der Waals surface area contributed by atoms with Crippen LogP contribution in [-0.2, 0) is 30.3 Å². The van der Waals surface area contributed by atoms with Crippen LogP contribution in [0.2, 0.25) is 0 Å². The molecule has 39 heavy (non-hydrogen) atoms. The van der Waals surface area contributed by atoms with Crippen LogP contribution in [0.5, 0.6) is 5.75 Å². The Hall–Kier alpha value is -3.64. The van der Waals surface area contributed by atoms with Gasteiger partial charge in [-0.25, -0.2) is 4.79 Å². The van der Waals surface area contributed by atoms with Gasteiger partial charge in [-0.3, -0.25) is 28.9 Å². The molecule has 12 heteroatoms. The van der Waals surface area contributed by atoms with Crippen LogP contribution in [0.25, 0.3) is 0 Å². The number of likely N-dealkylation sites (N-methyl/N-ethyl adjacent to an activating group) is 1. The minimum atomic E-state index is -2.81. The van der Waals surface area contributed by atoms with Crippen LogP contribution in [0.3, 0.4) is 0 Å². The first-order valence-electron chi connectivity index (χ1n) is 12.7. The van der Waals surface area contributed by atoms with E-state index in [9.17, 15) is 39.0 Å². The first kappa shape index (κ1) is 28.4. The quantitative estimate of drug-likeness (QED) is 0.321. The highest BCUT2D eigenvalue weighted by Crippen LogP contribution is 2.52. The first-order valence-corrected chi connectivity index (χ1v) is 12.7. The third-order valence-corrected chi connectivity index (χ3v) is 8.08. The molecule has 2 saturated carbocycles. The van der Waals surface area contributed by atoms with Gasteiger partial charge in [0.05, 0.1) is 23.6 Å². The minimum absolute atomic E-state index is 0.0608. The van der Waals surface area contributed by atoms with Crippen molar-refractivity contribution in [2.24, 2.45) is 29.4 Å². The molecular weight excluding hydrogens is 510 g/mol. The number of phenols is 1. The molecular formula is C27H33N3O9. The highest BCUT2D eigenvalue weighted by atomic mass is 16.5. The SMILES string of the molecule is CC(C)OC(=O)c1cc(N(C)C)c2c(c1O)C(=O)C1C(=O)[C@]3(O)C(=O)C(C(N)=O)C(=O)[C@@H](N(C)C)[C@@H]3C[C@@H]1C2. The highest BCUT2D eigenvalue weighted by molar-refractivity contribution is 6.32. The Morgan fingerprint density at radius 1 is 1.10 bits per heavy atom. The van der Waals surface area contributed by atoms with Gasteiger partial charge in [-0.05, 0) is 58.3 Å². The summed E-state index contributed by atoms with van der Waals surface area (Å²) in [5.74, 6) is -12.5. The number of ether oxygens (including phenoxy) is 1. The lowest BCUT2D eigenvalue weighted by atomic mass is 9.52. The van der Waals surface area contributed by atoms with Crippen molar-refractivity contribution in [1.29, 1.82) is 0 Å². The van der Waals surface area contributed by atoms with E-state index in [1.165, 1.54) is 25.1 Å². The zero-order valence-electron chi connectivity index (χ0n) is 22.7. The van der Waals surface area contributed by atoms with Crippen molar-refractivity contribution < 1.29 is 43.7 Å². The number of aromatic hydroxyl groups is 1. The summed E-state index contributed by atoms with van der Waals surface area (Å²) in [4.78, 5) is 82.3. The van der Waals surface area contributed by atoms with Crippen molar-refractivity contribution in [1.82, 2.24) is 4.90 Å². The number of nitrogens with zero attached hydrogens (tertiary/aromatic N) is 2. The molecule has 0 spiro atoms. The molecule has 2 unspecified atom stereocenters. The fraction of sp³-hybridized carbons (Fsp3) is 0.556. The normalized spacial score (nSPS) is 30.1. The molecule has 2 fully saturated rings. The van der Waals surface area contributed by atoms with Crippen LogP contribution < -0.4 is 10.6 Å². The lowest BCUT2D eigenvalue weighted by Crippen LogP contribution is -2.74. The number of phenolic OH excluding ortho intramolecular Hbond substituents is 1. The number of anilines is 1. The fourth-order valence-corrected chi connectivity index (χ4v) is 6.48. The smallest absolute Gasteiger partial charge is 0.342 e. The maximum Gasteiger partial charge on any atom is 0.342 e. The third kappa shape index (κ3) is 4.04. The van der Waals surface area contributed by atoms with Gasteiger partial charge >= 0.3 is 5.97 Å². The van der Waals surface area contributed by atoms with Crippen molar-refractivity contribution >= 4 is 40.7 Å². The lowest BCUT2D eigenvalue weighted by Gasteiger charge is -2.52. The standard InChI is InChI=1S/C27H33N3O9/c1-10(2)39-26(37)13-9-15(29(3)4)12-7-11-8-14-19(30(5)6)22(33)18(25(28)36)24(35)27(14,38)23(34)16(11)21(32)17(12)20(13)31/h9-11,14,16,18-19,31,38H,7-8H2,1-6H3,(H2,28,36)/t11-,14-,16?,18?,19-,27-/m0/s1. The van der Waals surface area contributed by atoms with Crippen molar-refractivity contribution in [2.75, 3.05) is 33.1 Å². The maximum absolute atomic E-state index is 13.9. The van der Waals surface area contributed by atoms with E-state index in [-0.39, 0.29) is 24.0 Å². The Bertz CT molecular complexity index is 1320. The lowest BCUT2D eigenvalue weighted by molar-refractivity contribution is -0.181. The number of ketones is 4. The summed E-state index contributed by atoms with van der Waals surface area (Å²) in [6.45, 7) is 3.25. The van der Waals surface area contributed by atoms with Crippen LogP contribution in [0.15, 0.2) is 6.07 Å². The zero-order chi connectivity index (χ0) is 29.3. The number of primary amides is 1. The van der Waals surface area contributed by atoms with Gasteiger partial charge in [0.15, 0.2) is 34.7 Å². The number of benzene rings is 1. The average Bonchev–Trinajstić information content (AvgIpc) is 2.80. The van der Waals surface area contributed by atoms with E-state index >= 15 is 0 Å². The van der Waals surface area contributed by atoms with Crippen LogP contribution in [0.4, 0.5) is 5.69 Å². The number of rotatable bonds is 5. The molecule has 12 nitrogen and oxygen atoms in total. The van der Waals surface area contributed by atoms with Gasteiger partial charge in [0.1, 0.15) is 11.3 Å². The third-order valence-electron chi connectivity index (χ3n) is 8.08.